The highest BCUT2D eigenvalue weighted by Crippen LogP contribution is 2.23. The smallest absolute Gasteiger partial charge is 0.220 e. The Hall–Kier alpha value is -0.390. The van der Waals surface area contributed by atoms with Crippen LogP contribution in [0.25, 0.3) is 0 Å². The van der Waals surface area contributed by atoms with E-state index in [9.17, 15) is 4.79 Å². The molecule has 0 radical (unpaired) electrons. The van der Waals surface area contributed by atoms with E-state index in [2.05, 4.69) is 27.3 Å². The second kappa shape index (κ2) is 6.52. The first-order valence-electron chi connectivity index (χ1n) is 5.59. The fraction of sp³-hybridized carbons (Fsp3) is 0.583. The van der Waals surface area contributed by atoms with Gasteiger partial charge in [0.15, 0.2) is 0 Å². The van der Waals surface area contributed by atoms with Crippen molar-refractivity contribution in [3.8, 4) is 0 Å². The molecule has 1 rings (SSSR count). The van der Waals surface area contributed by atoms with Crippen LogP contribution in [0.5, 0.6) is 0 Å². The molecule has 96 valence electrons. The topological polar surface area (TPSA) is 49.3 Å². The molecule has 0 bridgehead atoms. The molecular formula is C12H18BrNO2S. The van der Waals surface area contributed by atoms with Crippen LogP contribution in [0.2, 0.25) is 0 Å². The van der Waals surface area contributed by atoms with Gasteiger partial charge >= 0.3 is 0 Å². The summed E-state index contributed by atoms with van der Waals surface area (Å²) in [5.41, 5.74) is -0.525. The minimum atomic E-state index is -0.525. The monoisotopic (exact) mass is 319 g/mol. The first-order chi connectivity index (χ1) is 7.93. The molecule has 0 unspecified atom stereocenters. The van der Waals surface area contributed by atoms with Gasteiger partial charge in [-0.3, -0.25) is 4.79 Å². The second-order valence-corrected chi connectivity index (χ2v) is 7.20. The third-order valence-electron chi connectivity index (χ3n) is 2.33. The number of carbonyl (C=O) groups excluding carboxylic acids is 1. The minimum Gasteiger partial charge on any atom is -0.394 e. The van der Waals surface area contributed by atoms with Gasteiger partial charge in [0.2, 0.25) is 5.91 Å². The summed E-state index contributed by atoms with van der Waals surface area (Å²) in [6.07, 6.45) is 2.25. The summed E-state index contributed by atoms with van der Waals surface area (Å²) in [5.74, 6) is -0.000304. The fourth-order valence-corrected chi connectivity index (χ4v) is 2.91. The molecule has 1 aromatic rings. The Labute approximate surface area is 114 Å². The van der Waals surface area contributed by atoms with Gasteiger partial charge in [-0.2, -0.15) is 0 Å². The summed E-state index contributed by atoms with van der Waals surface area (Å²) in [4.78, 5) is 12.9. The summed E-state index contributed by atoms with van der Waals surface area (Å²) in [5, 5.41) is 11.8. The molecular weight excluding hydrogens is 302 g/mol. The molecule has 2 N–H and O–H groups in total. The minimum absolute atomic E-state index is 0.000304. The lowest BCUT2D eigenvalue weighted by molar-refractivity contribution is -0.123. The van der Waals surface area contributed by atoms with Gasteiger partial charge in [-0.25, -0.2) is 0 Å². The first kappa shape index (κ1) is 14.7. The van der Waals surface area contributed by atoms with Gasteiger partial charge in [-0.1, -0.05) is 0 Å². The zero-order valence-electron chi connectivity index (χ0n) is 10.1. The number of rotatable bonds is 6. The first-order valence-corrected chi connectivity index (χ1v) is 7.20. The molecule has 1 heterocycles. The second-order valence-electron chi connectivity index (χ2n) is 4.65. The summed E-state index contributed by atoms with van der Waals surface area (Å²) in [6, 6.07) is 4.10. The maximum atomic E-state index is 11.6. The maximum absolute atomic E-state index is 11.6. The number of carbonyl (C=O) groups is 1. The van der Waals surface area contributed by atoms with E-state index in [1.807, 2.05) is 6.07 Å². The molecule has 0 aliphatic carbocycles. The molecule has 0 aromatic carbocycles. The highest BCUT2D eigenvalue weighted by atomic mass is 79.9. The van der Waals surface area contributed by atoms with Crippen molar-refractivity contribution in [1.82, 2.24) is 5.32 Å². The van der Waals surface area contributed by atoms with Crippen molar-refractivity contribution in [2.24, 2.45) is 0 Å². The summed E-state index contributed by atoms with van der Waals surface area (Å²) >= 11 is 5.12. The Bertz CT molecular complexity index is 376. The van der Waals surface area contributed by atoms with Gasteiger partial charge < -0.3 is 10.4 Å². The van der Waals surface area contributed by atoms with E-state index in [0.717, 1.165) is 16.6 Å². The number of halogens is 1. The average molecular weight is 320 g/mol. The molecule has 1 amide bonds. The van der Waals surface area contributed by atoms with Gasteiger partial charge in [0, 0.05) is 11.3 Å². The highest BCUT2D eigenvalue weighted by Gasteiger charge is 2.18. The Morgan fingerprint density at radius 1 is 1.53 bits per heavy atom. The van der Waals surface area contributed by atoms with Crippen LogP contribution in [0.15, 0.2) is 15.9 Å². The Balaban J connectivity index is 2.25. The molecule has 3 nitrogen and oxygen atoms in total. The van der Waals surface area contributed by atoms with Crippen LogP contribution in [-0.4, -0.2) is 23.2 Å². The van der Waals surface area contributed by atoms with Crippen molar-refractivity contribution in [3.63, 3.8) is 0 Å². The van der Waals surface area contributed by atoms with Gasteiger partial charge in [0.05, 0.1) is 15.9 Å². The SMILES string of the molecule is CC(C)(CO)NC(=O)CCCc1ccc(Br)s1. The number of aliphatic hydroxyl groups is 1. The quantitative estimate of drug-likeness (QED) is 0.847. The molecule has 0 spiro atoms. The molecule has 0 saturated heterocycles. The standard InChI is InChI=1S/C12H18BrNO2S/c1-12(2,8-15)14-11(16)5-3-4-9-6-7-10(13)17-9/h6-7,15H,3-5,8H2,1-2H3,(H,14,16). The third-order valence-corrected chi connectivity index (χ3v) is 4.01. The zero-order chi connectivity index (χ0) is 12.9. The predicted octanol–water partition coefficient (Wildman–Crippen LogP) is 2.72. The van der Waals surface area contributed by atoms with Gasteiger partial charge in [-0.15, -0.1) is 11.3 Å². The Morgan fingerprint density at radius 2 is 2.24 bits per heavy atom. The van der Waals surface area contributed by atoms with E-state index < -0.39 is 5.54 Å². The van der Waals surface area contributed by atoms with Crippen LogP contribution in [0, 0.1) is 0 Å². The molecule has 1 aromatic heterocycles. The number of hydrogen-bond acceptors (Lipinski definition) is 3. The van der Waals surface area contributed by atoms with Crippen molar-refractivity contribution in [2.45, 2.75) is 38.6 Å². The summed E-state index contributed by atoms with van der Waals surface area (Å²) < 4.78 is 1.12. The van der Waals surface area contributed by atoms with Crippen molar-refractivity contribution in [1.29, 1.82) is 0 Å². The molecule has 5 heteroatoms. The number of hydrogen-bond donors (Lipinski definition) is 2. The van der Waals surface area contributed by atoms with E-state index in [4.69, 9.17) is 5.11 Å². The van der Waals surface area contributed by atoms with Gasteiger partial charge in [0.1, 0.15) is 0 Å². The molecule has 0 fully saturated rings. The van der Waals surface area contributed by atoms with Gasteiger partial charge in [0.25, 0.3) is 0 Å². The van der Waals surface area contributed by atoms with E-state index in [1.54, 1.807) is 25.2 Å². The molecule has 0 saturated carbocycles. The van der Waals surface area contributed by atoms with Crippen LogP contribution in [0.1, 0.15) is 31.6 Å². The molecule has 0 atom stereocenters. The number of nitrogens with one attached hydrogen (secondary N) is 1. The highest BCUT2D eigenvalue weighted by molar-refractivity contribution is 9.11. The van der Waals surface area contributed by atoms with Crippen molar-refractivity contribution in [2.75, 3.05) is 6.61 Å². The van der Waals surface area contributed by atoms with E-state index in [-0.39, 0.29) is 12.5 Å². The average Bonchev–Trinajstić information content (AvgIpc) is 2.63. The molecule has 0 aliphatic rings. The predicted molar refractivity (Wildman–Crippen MR) is 74.3 cm³/mol. The summed E-state index contributed by atoms with van der Waals surface area (Å²) in [7, 11) is 0. The maximum Gasteiger partial charge on any atom is 0.220 e. The third kappa shape index (κ3) is 5.66. The van der Waals surface area contributed by atoms with E-state index in [1.165, 1.54) is 4.88 Å². The lowest BCUT2D eigenvalue weighted by Crippen LogP contribution is -2.46. The Kier molecular flexibility index (Phi) is 5.62. The molecule has 17 heavy (non-hydrogen) atoms. The van der Waals surface area contributed by atoms with Crippen molar-refractivity contribution in [3.05, 3.63) is 20.8 Å². The molecule has 0 aliphatic heterocycles. The number of amides is 1. The lowest BCUT2D eigenvalue weighted by atomic mass is 10.1. The zero-order valence-corrected chi connectivity index (χ0v) is 12.5. The van der Waals surface area contributed by atoms with Crippen LogP contribution >= 0.6 is 27.3 Å². The van der Waals surface area contributed by atoms with Crippen LogP contribution in [0.4, 0.5) is 0 Å². The van der Waals surface area contributed by atoms with E-state index >= 15 is 0 Å². The Morgan fingerprint density at radius 3 is 2.76 bits per heavy atom. The normalized spacial score (nSPS) is 11.5. The number of aryl methyl sites for hydroxylation is 1. The van der Waals surface area contributed by atoms with Crippen LogP contribution < -0.4 is 5.32 Å². The largest absolute Gasteiger partial charge is 0.394 e. The van der Waals surface area contributed by atoms with Crippen LogP contribution in [0.3, 0.4) is 0 Å². The van der Waals surface area contributed by atoms with Gasteiger partial charge in [-0.05, 0) is 54.8 Å². The number of aliphatic hydroxyl groups excluding tert-OH is 1. The fourth-order valence-electron chi connectivity index (χ4n) is 1.39. The number of thiophene rings is 1. The summed E-state index contributed by atoms with van der Waals surface area (Å²) in [6.45, 7) is 3.57. The van der Waals surface area contributed by atoms with E-state index in [0.29, 0.717) is 6.42 Å². The van der Waals surface area contributed by atoms with Crippen molar-refractivity contribution < 1.29 is 9.90 Å². The van der Waals surface area contributed by atoms with Crippen LogP contribution in [-0.2, 0) is 11.2 Å². The van der Waals surface area contributed by atoms with Crippen molar-refractivity contribution >= 4 is 33.2 Å². The lowest BCUT2D eigenvalue weighted by Gasteiger charge is -2.23.